The molecule has 0 N–H and O–H groups in total. The molecule has 3 rings (SSSR count). The van der Waals surface area contributed by atoms with Crippen molar-refractivity contribution in [3.63, 3.8) is 0 Å². The summed E-state index contributed by atoms with van der Waals surface area (Å²) in [6.45, 7) is 6.38. The molecule has 1 amide bonds. The number of carbonyl (C=O) groups excluding carboxylic acids is 2. The second-order valence-electron chi connectivity index (χ2n) is 7.40. The third-order valence-corrected chi connectivity index (χ3v) is 4.26. The van der Waals surface area contributed by atoms with Crippen LogP contribution in [0.1, 0.15) is 44.0 Å². The highest BCUT2D eigenvalue weighted by molar-refractivity contribution is 6.00. The summed E-state index contributed by atoms with van der Waals surface area (Å²) < 4.78 is 16.7. The van der Waals surface area contributed by atoms with E-state index in [0.717, 1.165) is 0 Å². The monoisotopic (exact) mass is 333 g/mol. The van der Waals surface area contributed by atoms with Gasteiger partial charge in [0, 0.05) is 13.0 Å². The van der Waals surface area contributed by atoms with E-state index in [2.05, 4.69) is 0 Å². The van der Waals surface area contributed by atoms with Crippen LogP contribution in [0.4, 0.5) is 4.79 Å². The van der Waals surface area contributed by atoms with Gasteiger partial charge in [0.1, 0.15) is 22.7 Å². The van der Waals surface area contributed by atoms with Gasteiger partial charge in [-0.15, -0.1) is 0 Å². The average Bonchev–Trinajstić information content (AvgIpc) is 2.89. The molecule has 2 aliphatic rings. The van der Waals surface area contributed by atoms with E-state index >= 15 is 0 Å². The van der Waals surface area contributed by atoms with Crippen LogP contribution >= 0.6 is 0 Å². The first-order chi connectivity index (χ1) is 11.2. The molecule has 0 aliphatic carbocycles. The quantitative estimate of drug-likeness (QED) is 0.790. The van der Waals surface area contributed by atoms with Gasteiger partial charge in [-0.1, -0.05) is 0 Å². The van der Waals surface area contributed by atoms with Crippen molar-refractivity contribution >= 4 is 11.9 Å². The van der Waals surface area contributed by atoms with E-state index in [9.17, 15) is 9.59 Å². The lowest BCUT2D eigenvalue weighted by atomic mass is 9.89. The summed E-state index contributed by atoms with van der Waals surface area (Å²) in [4.78, 5) is 26.4. The Morgan fingerprint density at radius 3 is 2.75 bits per heavy atom. The average molecular weight is 333 g/mol. The lowest BCUT2D eigenvalue weighted by Gasteiger charge is -2.34. The van der Waals surface area contributed by atoms with Gasteiger partial charge < -0.3 is 19.1 Å². The predicted octanol–water partition coefficient (Wildman–Crippen LogP) is 3.04. The Balaban J connectivity index is 1.77. The standard InChI is InChI=1S/C18H23NO5/c1-17(2,3)24-16(21)19-8-7-18(11-19)10-14(20)13-9-12(22-4)5-6-15(13)23-18/h5-6,9H,7-8,10-11H2,1-4H3/t18-/m0/s1. The van der Waals surface area contributed by atoms with Crippen molar-refractivity contribution in [1.82, 2.24) is 4.90 Å². The topological polar surface area (TPSA) is 65.1 Å². The van der Waals surface area contributed by atoms with Crippen LogP contribution in [-0.2, 0) is 4.74 Å². The summed E-state index contributed by atoms with van der Waals surface area (Å²) in [5, 5.41) is 0. The van der Waals surface area contributed by atoms with E-state index in [0.29, 0.717) is 36.6 Å². The Labute approximate surface area is 141 Å². The number of methoxy groups -OCH3 is 1. The molecule has 1 fully saturated rings. The van der Waals surface area contributed by atoms with Gasteiger partial charge in [-0.2, -0.15) is 0 Å². The number of ether oxygens (including phenoxy) is 3. The van der Waals surface area contributed by atoms with Crippen LogP contribution in [0.25, 0.3) is 0 Å². The summed E-state index contributed by atoms with van der Waals surface area (Å²) in [6, 6.07) is 5.22. The first-order valence-corrected chi connectivity index (χ1v) is 8.10. The van der Waals surface area contributed by atoms with E-state index in [1.165, 1.54) is 0 Å². The summed E-state index contributed by atoms with van der Waals surface area (Å²) in [7, 11) is 1.56. The molecule has 0 aromatic heterocycles. The molecular weight excluding hydrogens is 310 g/mol. The molecule has 6 heteroatoms. The van der Waals surface area contributed by atoms with E-state index in [-0.39, 0.29) is 18.3 Å². The SMILES string of the molecule is COc1ccc2c(c1)C(=O)C[C@]1(CCN(C(=O)OC(C)(C)C)C1)O2. The van der Waals surface area contributed by atoms with Crippen LogP contribution < -0.4 is 9.47 Å². The predicted molar refractivity (Wildman–Crippen MR) is 87.7 cm³/mol. The number of benzene rings is 1. The molecule has 1 aromatic rings. The second-order valence-corrected chi connectivity index (χ2v) is 7.40. The fourth-order valence-electron chi connectivity index (χ4n) is 3.15. The highest BCUT2D eigenvalue weighted by atomic mass is 16.6. The van der Waals surface area contributed by atoms with Crippen LogP contribution in [0.15, 0.2) is 18.2 Å². The summed E-state index contributed by atoms with van der Waals surface area (Å²) >= 11 is 0. The molecule has 0 saturated carbocycles. The molecule has 1 atom stereocenters. The van der Waals surface area contributed by atoms with Crippen molar-refractivity contribution < 1.29 is 23.8 Å². The molecule has 0 radical (unpaired) electrons. The van der Waals surface area contributed by atoms with Gasteiger partial charge in [0.15, 0.2) is 5.78 Å². The van der Waals surface area contributed by atoms with E-state index < -0.39 is 11.2 Å². The Kier molecular flexibility index (Phi) is 3.94. The maximum Gasteiger partial charge on any atom is 0.410 e. The third-order valence-electron chi connectivity index (χ3n) is 4.26. The number of carbonyl (C=O) groups is 2. The highest BCUT2D eigenvalue weighted by Gasteiger charge is 2.47. The van der Waals surface area contributed by atoms with Crippen LogP contribution in [-0.4, -0.2) is 48.2 Å². The molecular formula is C18H23NO5. The zero-order chi connectivity index (χ0) is 17.5. The van der Waals surface area contributed by atoms with Crippen LogP contribution in [0.2, 0.25) is 0 Å². The number of rotatable bonds is 1. The Bertz CT molecular complexity index is 678. The first-order valence-electron chi connectivity index (χ1n) is 8.10. The molecule has 1 spiro atoms. The normalized spacial score (nSPS) is 23.0. The van der Waals surface area contributed by atoms with Crippen LogP contribution in [0.3, 0.4) is 0 Å². The molecule has 1 saturated heterocycles. The number of nitrogens with zero attached hydrogens (tertiary/aromatic N) is 1. The van der Waals surface area contributed by atoms with Crippen molar-refractivity contribution in [3.05, 3.63) is 23.8 Å². The van der Waals surface area contributed by atoms with Crippen molar-refractivity contribution in [1.29, 1.82) is 0 Å². The van der Waals surface area contributed by atoms with Gasteiger partial charge in [-0.3, -0.25) is 4.79 Å². The molecule has 1 aromatic carbocycles. The largest absolute Gasteiger partial charge is 0.497 e. The third kappa shape index (κ3) is 3.18. The van der Waals surface area contributed by atoms with Crippen molar-refractivity contribution in [2.45, 2.75) is 44.8 Å². The van der Waals surface area contributed by atoms with Crippen molar-refractivity contribution in [2.75, 3.05) is 20.2 Å². The summed E-state index contributed by atoms with van der Waals surface area (Å²) in [6.07, 6.45) is 0.506. The van der Waals surface area contributed by atoms with E-state index in [1.807, 2.05) is 20.8 Å². The minimum atomic E-state index is -0.657. The minimum absolute atomic E-state index is 0.0150. The highest BCUT2D eigenvalue weighted by Crippen LogP contribution is 2.40. The Morgan fingerprint density at radius 1 is 1.33 bits per heavy atom. The zero-order valence-electron chi connectivity index (χ0n) is 14.5. The van der Waals surface area contributed by atoms with E-state index in [1.54, 1.807) is 30.2 Å². The lowest BCUT2D eigenvalue weighted by Crippen LogP contribution is -2.46. The number of Topliss-reactive ketones (excluding diaryl/α,β-unsaturated/α-hetero) is 1. The Morgan fingerprint density at radius 2 is 2.08 bits per heavy atom. The smallest absolute Gasteiger partial charge is 0.410 e. The van der Waals surface area contributed by atoms with Gasteiger partial charge >= 0.3 is 6.09 Å². The molecule has 0 unspecified atom stereocenters. The number of ketones is 1. The zero-order valence-corrected chi connectivity index (χ0v) is 14.5. The van der Waals surface area contributed by atoms with Gasteiger partial charge in [0.25, 0.3) is 0 Å². The van der Waals surface area contributed by atoms with Crippen LogP contribution in [0, 0.1) is 0 Å². The van der Waals surface area contributed by atoms with Gasteiger partial charge in [0.05, 0.1) is 25.6 Å². The minimum Gasteiger partial charge on any atom is -0.497 e. The number of likely N-dealkylation sites (tertiary alicyclic amines) is 1. The lowest BCUT2D eigenvalue weighted by molar-refractivity contribution is 0.0171. The maximum atomic E-state index is 12.5. The number of amides is 1. The van der Waals surface area contributed by atoms with Gasteiger partial charge in [0.2, 0.25) is 0 Å². The summed E-state index contributed by atoms with van der Waals surface area (Å²) in [5.74, 6) is 1.20. The van der Waals surface area contributed by atoms with Crippen molar-refractivity contribution in [3.8, 4) is 11.5 Å². The molecule has 0 bridgehead atoms. The number of fused-ring (bicyclic) bond motifs is 1. The van der Waals surface area contributed by atoms with E-state index in [4.69, 9.17) is 14.2 Å². The first kappa shape index (κ1) is 16.6. The van der Waals surface area contributed by atoms with Gasteiger partial charge in [-0.05, 0) is 39.0 Å². The molecule has 2 aliphatic heterocycles. The molecule has 24 heavy (non-hydrogen) atoms. The molecule has 6 nitrogen and oxygen atoms in total. The van der Waals surface area contributed by atoms with Crippen LogP contribution in [0.5, 0.6) is 11.5 Å². The van der Waals surface area contributed by atoms with Crippen molar-refractivity contribution in [2.24, 2.45) is 0 Å². The fraction of sp³-hybridized carbons (Fsp3) is 0.556. The fourth-order valence-corrected chi connectivity index (χ4v) is 3.15. The maximum absolute atomic E-state index is 12.5. The number of hydrogen-bond donors (Lipinski definition) is 0. The molecule has 2 heterocycles. The second kappa shape index (κ2) is 5.69. The Hall–Kier alpha value is -2.24. The number of hydrogen-bond acceptors (Lipinski definition) is 5. The van der Waals surface area contributed by atoms with Gasteiger partial charge in [-0.25, -0.2) is 4.79 Å². The summed E-state index contributed by atoms with van der Waals surface area (Å²) in [5.41, 5.74) is -0.662. The molecule has 130 valence electrons.